The number of rotatable bonds is 4. The number of nitrogens with one attached hydrogen (secondary N) is 1. The van der Waals surface area contributed by atoms with Crippen molar-refractivity contribution in [3.8, 4) is 0 Å². The standard InChI is InChI=1S/C21H21FN2O3/c22-17-8-6-14(7-9-17)19-13-24(10-11-27-19)21(26)16-2-1-3-18(12-16)23-20(25)15-4-5-15/h1-3,6-9,12,15,19H,4-5,10-11,13H2,(H,23,25). The Labute approximate surface area is 157 Å². The van der Waals surface area contributed by atoms with E-state index in [1.807, 2.05) is 0 Å². The van der Waals surface area contributed by atoms with Crippen molar-refractivity contribution in [2.24, 2.45) is 5.92 Å². The summed E-state index contributed by atoms with van der Waals surface area (Å²) in [6.07, 6.45) is 1.59. The van der Waals surface area contributed by atoms with Crippen molar-refractivity contribution in [2.45, 2.75) is 18.9 Å². The number of hydrogen-bond donors (Lipinski definition) is 1. The molecule has 1 unspecified atom stereocenters. The van der Waals surface area contributed by atoms with Gasteiger partial charge in [0, 0.05) is 23.7 Å². The van der Waals surface area contributed by atoms with Crippen LogP contribution in [0.15, 0.2) is 48.5 Å². The molecule has 1 heterocycles. The molecule has 2 aromatic rings. The Balaban J connectivity index is 1.45. The number of morpholine rings is 1. The Morgan fingerprint density at radius 2 is 1.89 bits per heavy atom. The molecule has 2 aromatic carbocycles. The van der Waals surface area contributed by atoms with Crippen molar-refractivity contribution in [3.05, 3.63) is 65.5 Å². The molecule has 1 N–H and O–H groups in total. The molecule has 1 aliphatic carbocycles. The first-order chi connectivity index (χ1) is 13.1. The summed E-state index contributed by atoms with van der Waals surface area (Å²) < 4.78 is 18.9. The number of benzene rings is 2. The maximum absolute atomic E-state index is 13.1. The predicted octanol–water partition coefficient (Wildman–Crippen LogP) is 3.39. The average Bonchev–Trinajstić information content (AvgIpc) is 3.54. The number of hydrogen-bond acceptors (Lipinski definition) is 3. The van der Waals surface area contributed by atoms with Crippen molar-refractivity contribution in [3.63, 3.8) is 0 Å². The lowest BCUT2D eigenvalue weighted by Crippen LogP contribution is -2.42. The van der Waals surface area contributed by atoms with Crippen LogP contribution in [0.3, 0.4) is 0 Å². The van der Waals surface area contributed by atoms with Gasteiger partial charge in [-0.2, -0.15) is 0 Å². The second kappa shape index (κ2) is 7.48. The summed E-state index contributed by atoms with van der Waals surface area (Å²) in [7, 11) is 0. The van der Waals surface area contributed by atoms with Crippen molar-refractivity contribution < 1.29 is 18.7 Å². The summed E-state index contributed by atoms with van der Waals surface area (Å²) in [6.45, 7) is 1.32. The topological polar surface area (TPSA) is 58.6 Å². The normalized spacial score (nSPS) is 19.6. The van der Waals surface area contributed by atoms with Crippen LogP contribution in [0, 0.1) is 11.7 Å². The van der Waals surface area contributed by atoms with Crippen LogP contribution < -0.4 is 5.32 Å². The number of carbonyl (C=O) groups is 2. The molecule has 2 aliphatic rings. The summed E-state index contributed by atoms with van der Waals surface area (Å²) >= 11 is 0. The SMILES string of the molecule is O=C(Nc1cccc(C(=O)N2CCOC(c3ccc(F)cc3)C2)c1)C1CC1. The molecule has 4 rings (SSSR count). The number of amides is 2. The molecule has 1 atom stereocenters. The summed E-state index contributed by atoms with van der Waals surface area (Å²) in [4.78, 5) is 26.6. The van der Waals surface area contributed by atoms with Crippen LogP contribution in [0.5, 0.6) is 0 Å². The molecule has 5 nitrogen and oxygen atoms in total. The van der Waals surface area contributed by atoms with Gasteiger partial charge in [0.05, 0.1) is 13.2 Å². The Morgan fingerprint density at radius 1 is 1.11 bits per heavy atom. The van der Waals surface area contributed by atoms with Gasteiger partial charge in [0.1, 0.15) is 11.9 Å². The first-order valence-corrected chi connectivity index (χ1v) is 9.17. The van der Waals surface area contributed by atoms with Crippen LogP contribution in [0.4, 0.5) is 10.1 Å². The molecule has 1 aliphatic heterocycles. The van der Waals surface area contributed by atoms with Crippen LogP contribution >= 0.6 is 0 Å². The predicted molar refractivity (Wildman–Crippen MR) is 98.8 cm³/mol. The molecule has 0 spiro atoms. The Morgan fingerprint density at radius 3 is 2.63 bits per heavy atom. The maximum Gasteiger partial charge on any atom is 0.254 e. The minimum atomic E-state index is -0.299. The van der Waals surface area contributed by atoms with Crippen LogP contribution in [0.2, 0.25) is 0 Å². The van der Waals surface area contributed by atoms with Gasteiger partial charge in [0.15, 0.2) is 0 Å². The lowest BCUT2D eigenvalue weighted by atomic mass is 10.1. The molecule has 140 valence electrons. The van der Waals surface area contributed by atoms with Gasteiger partial charge in [-0.1, -0.05) is 18.2 Å². The highest BCUT2D eigenvalue weighted by Crippen LogP contribution is 2.30. The molecule has 2 fully saturated rings. The van der Waals surface area contributed by atoms with E-state index in [-0.39, 0.29) is 29.7 Å². The molecule has 0 bridgehead atoms. The molecular weight excluding hydrogens is 347 g/mol. The van der Waals surface area contributed by atoms with Crippen molar-refractivity contribution in [1.29, 1.82) is 0 Å². The zero-order valence-electron chi connectivity index (χ0n) is 14.9. The smallest absolute Gasteiger partial charge is 0.254 e. The number of ether oxygens (including phenoxy) is 1. The van der Waals surface area contributed by atoms with E-state index in [1.54, 1.807) is 41.3 Å². The molecule has 1 saturated heterocycles. The Kier molecular flexibility index (Phi) is 4.90. The van der Waals surface area contributed by atoms with E-state index in [0.717, 1.165) is 18.4 Å². The fourth-order valence-electron chi connectivity index (χ4n) is 3.22. The Bertz CT molecular complexity index is 849. The zero-order valence-corrected chi connectivity index (χ0v) is 14.9. The number of carbonyl (C=O) groups excluding carboxylic acids is 2. The Hall–Kier alpha value is -2.73. The maximum atomic E-state index is 13.1. The van der Waals surface area contributed by atoms with Crippen LogP contribution in [0.25, 0.3) is 0 Å². The van der Waals surface area contributed by atoms with Crippen LogP contribution in [-0.2, 0) is 9.53 Å². The fourth-order valence-corrected chi connectivity index (χ4v) is 3.22. The van der Waals surface area contributed by atoms with Crippen molar-refractivity contribution in [1.82, 2.24) is 4.90 Å². The molecule has 0 radical (unpaired) electrons. The van der Waals surface area contributed by atoms with Crippen molar-refractivity contribution >= 4 is 17.5 Å². The van der Waals surface area contributed by atoms with E-state index in [1.165, 1.54) is 12.1 Å². The van der Waals surface area contributed by atoms with Gasteiger partial charge in [-0.3, -0.25) is 9.59 Å². The quantitative estimate of drug-likeness (QED) is 0.900. The van der Waals surface area contributed by atoms with Crippen LogP contribution in [-0.4, -0.2) is 36.4 Å². The fraction of sp³-hybridized carbons (Fsp3) is 0.333. The third-order valence-corrected chi connectivity index (χ3v) is 4.92. The van der Waals surface area contributed by atoms with E-state index in [2.05, 4.69) is 5.32 Å². The third kappa shape index (κ3) is 4.17. The number of anilines is 1. The lowest BCUT2D eigenvalue weighted by Gasteiger charge is -2.33. The second-order valence-electron chi connectivity index (χ2n) is 7.01. The number of halogens is 1. The van der Waals surface area contributed by atoms with E-state index in [9.17, 15) is 14.0 Å². The summed E-state index contributed by atoms with van der Waals surface area (Å²) in [5.41, 5.74) is 2.02. The van der Waals surface area contributed by atoms with Gasteiger partial charge in [-0.15, -0.1) is 0 Å². The first-order valence-electron chi connectivity index (χ1n) is 9.17. The third-order valence-electron chi connectivity index (χ3n) is 4.92. The minimum Gasteiger partial charge on any atom is -0.370 e. The van der Waals surface area contributed by atoms with Crippen molar-refractivity contribution in [2.75, 3.05) is 25.0 Å². The molecule has 0 aromatic heterocycles. The van der Waals surface area contributed by atoms with Gasteiger partial charge < -0.3 is 15.0 Å². The van der Waals surface area contributed by atoms with Crippen LogP contribution in [0.1, 0.15) is 34.9 Å². The number of nitrogens with zero attached hydrogens (tertiary/aromatic N) is 1. The zero-order chi connectivity index (χ0) is 18.8. The van der Waals surface area contributed by atoms with E-state index < -0.39 is 0 Å². The van der Waals surface area contributed by atoms with Gasteiger partial charge >= 0.3 is 0 Å². The minimum absolute atomic E-state index is 0.0161. The summed E-state index contributed by atoms with van der Waals surface area (Å²) in [6, 6.07) is 13.2. The highest BCUT2D eigenvalue weighted by Gasteiger charge is 2.30. The second-order valence-corrected chi connectivity index (χ2v) is 7.01. The highest BCUT2D eigenvalue weighted by molar-refractivity contribution is 5.98. The van der Waals surface area contributed by atoms with Gasteiger partial charge in [0.2, 0.25) is 5.91 Å². The molecular formula is C21H21FN2O3. The molecule has 27 heavy (non-hydrogen) atoms. The van der Waals surface area contributed by atoms with Gasteiger partial charge in [-0.25, -0.2) is 4.39 Å². The first kappa shape index (κ1) is 17.7. The lowest BCUT2D eigenvalue weighted by molar-refractivity contribution is -0.117. The van der Waals surface area contributed by atoms with Gasteiger partial charge in [0.25, 0.3) is 5.91 Å². The molecule has 2 amide bonds. The highest BCUT2D eigenvalue weighted by atomic mass is 19.1. The average molecular weight is 368 g/mol. The monoisotopic (exact) mass is 368 g/mol. The van der Waals surface area contributed by atoms with E-state index >= 15 is 0 Å². The van der Waals surface area contributed by atoms with E-state index in [0.29, 0.717) is 30.9 Å². The summed E-state index contributed by atoms with van der Waals surface area (Å²) in [5.74, 6) is -0.275. The van der Waals surface area contributed by atoms with E-state index in [4.69, 9.17) is 4.74 Å². The molecule has 6 heteroatoms. The van der Waals surface area contributed by atoms with Gasteiger partial charge in [-0.05, 0) is 48.7 Å². The molecule has 1 saturated carbocycles. The summed E-state index contributed by atoms with van der Waals surface area (Å²) in [5, 5.41) is 2.87. The largest absolute Gasteiger partial charge is 0.370 e.